The first-order valence-corrected chi connectivity index (χ1v) is 4.65. The van der Waals surface area contributed by atoms with Gasteiger partial charge < -0.3 is 5.21 Å². The molecule has 2 nitrogen and oxygen atoms in total. The average Bonchev–Trinajstić information content (AvgIpc) is 2.36. The first-order chi connectivity index (χ1) is 4.88. The van der Waals surface area contributed by atoms with E-state index in [4.69, 9.17) is 0 Å². The summed E-state index contributed by atoms with van der Waals surface area (Å²) < 4.78 is 0. The molecule has 10 heavy (non-hydrogen) atoms. The summed E-state index contributed by atoms with van der Waals surface area (Å²) in [6.45, 7) is 0.814. The van der Waals surface area contributed by atoms with Crippen LogP contribution in [0, 0.1) is 0 Å². The number of rotatable bonds is 0. The second-order valence-electron chi connectivity index (χ2n) is 2.71. The second kappa shape index (κ2) is 2.57. The van der Waals surface area contributed by atoms with Crippen LogP contribution >= 0.6 is 11.8 Å². The summed E-state index contributed by atoms with van der Waals surface area (Å²) in [6.07, 6.45) is 4.39. The molecule has 56 valence electrons. The molecule has 1 atom stereocenters. The minimum Gasteiger partial charge on any atom is -0.313 e. The summed E-state index contributed by atoms with van der Waals surface area (Å²) in [5.74, 6) is 1.17. The van der Waals surface area contributed by atoms with Crippen LogP contribution in [0.15, 0.2) is 11.0 Å². The van der Waals surface area contributed by atoms with E-state index >= 15 is 0 Å². The highest BCUT2D eigenvalue weighted by molar-refractivity contribution is 8.03. The molecule has 2 aliphatic rings. The van der Waals surface area contributed by atoms with Crippen molar-refractivity contribution in [2.24, 2.45) is 0 Å². The van der Waals surface area contributed by atoms with Gasteiger partial charge in [-0.25, -0.2) is 0 Å². The highest BCUT2D eigenvalue weighted by atomic mass is 32.2. The van der Waals surface area contributed by atoms with E-state index < -0.39 is 0 Å². The van der Waals surface area contributed by atoms with Gasteiger partial charge in [-0.2, -0.15) is 5.06 Å². The molecule has 0 bridgehead atoms. The molecular formula is C7H11NOS. The molecule has 1 saturated heterocycles. The van der Waals surface area contributed by atoms with Gasteiger partial charge in [0.25, 0.3) is 0 Å². The monoisotopic (exact) mass is 157 g/mol. The van der Waals surface area contributed by atoms with Crippen LogP contribution in [0.5, 0.6) is 0 Å². The zero-order chi connectivity index (χ0) is 6.97. The molecule has 2 heterocycles. The first-order valence-electron chi connectivity index (χ1n) is 3.66. The zero-order valence-corrected chi connectivity index (χ0v) is 6.60. The standard InChI is InChI=1S/C7H11NOS/c9-8-4-1-2-7-6(8)3-5-10-7/h2,6,9H,1,3-5H2. The lowest BCUT2D eigenvalue weighted by molar-refractivity contribution is -0.116. The summed E-state index contributed by atoms with van der Waals surface area (Å²) in [6, 6.07) is 0.346. The predicted molar refractivity (Wildman–Crippen MR) is 42.1 cm³/mol. The first kappa shape index (κ1) is 6.70. The number of hydrogen-bond acceptors (Lipinski definition) is 3. The average molecular weight is 157 g/mol. The molecule has 1 N–H and O–H groups in total. The molecule has 0 amide bonds. The number of nitrogens with zero attached hydrogens (tertiary/aromatic N) is 1. The summed E-state index contributed by atoms with van der Waals surface area (Å²) in [4.78, 5) is 1.38. The fourth-order valence-electron chi connectivity index (χ4n) is 1.51. The molecule has 0 aromatic rings. The van der Waals surface area contributed by atoms with Crippen molar-refractivity contribution in [3.63, 3.8) is 0 Å². The van der Waals surface area contributed by atoms with Crippen LogP contribution in [-0.2, 0) is 0 Å². The van der Waals surface area contributed by atoms with Crippen molar-refractivity contribution >= 4 is 11.8 Å². The van der Waals surface area contributed by atoms with Gasteiger partial charge in [-0.05, 0) is 18.6 Å². The molecule has 0 radical (unpaired) electrons. The highest BCUT2D eigenvalue weighted by Gasteiger charge is 2.28. The number of hydrogen-bond donors (Lipinski definition) is 1. The Kier molecular flexibility index (Phi) is 1.72. The Bertz CT molecular complexity index is 169. The molecule has 0 aromatic carbocycles. The maximum atomic E-state index is 9.36. The summed E-state index contributed by atoms with van der Waals surface area (Å²) in [5.41, 5.74) is 0. The highest BCUT2D eigenvalue weighted by Crippen LogP contribution is 2.36. The maximum absolute atomic E-state index is 9.36. The van der Waals surface area contributed by atoms with Crippen LogP contribution < -0.4 is 0 Å². The van der Waals surface area contributed by atoms with E-state index in [9.17, 15) is 5.21 Å². The van der Waals surface area contributed by atoms with Gasteiger partial charge in [0.2, 0.25) is 0 Å². The minimum absolute atomic E-state index is 0.346. The molecule has 2 aliphatic heterocycles. The molecule has 0 saturated carbocycles. The second-order valence-corrected chi connectivity index (χ2v) is 3.88. The van der Waals surface area contributed by atoms with Crippen LogP contribution in [0.1, 0.15) is 12.8 Å². The maximum Gasteiger partial charge on any atom is 0.0663 e. The van der Waals surface area contributed by atoms with Gasteiger partial charge in [0, 0.05) is 11.4 Å². The summed E-state index contributed by atoms with van der Waals surface area (Å²) in [7, 11) is 0. The Hall–Kier alpha value is 0.01000. The normalized spacial score (nSPS) is 33.7. The van der Waals surface area contributed by atoms with E-state index in [-0.39, 0.29) is 0 Å². The van der Waals surface area contributed by atoms with Crippen molar-refractivity contribution in [2.75, 3.05) is 12.3 Å². The van der Waals surface area contributed by atoms with Gasteiger partial charge in [0.1, 0.15) is 0 Å². The van der Waals surface area contributed by atoms with E-state index in [1.165, 1.54) is 15.7 Å². The predicted octanol–water partition coefficient (Wildman–Crippen LogP) is 1.47. The summed E-state index contributed by atoms with van der Waals surface area (Å²) >= 11 is 1.89. The van der Waals surface area contributed by atoms with Crippen molar-refractivity contribution in [3.05, 3.63) is 11.0 Å². The Morgan fingerprint density at radius 3 is 3.40 bits per heavy atom. The molecule has 1 fully saturated rings. The quantitative estimate of drug-likeness (QED) is 0.576. The Labute approximate surface area is 64.9 Å². The summed E-state index contributed by atoms with van der Waals surface area (Å²) in [5, 5.41) is 10.8. The third-order valence-corrected chi connectivity index (χ3v) is 3.26. The smallest absolute Gasteiger partial charge is 0.0663 e. The zero-order valence-electron chi connectivity index (χ0n) is 5.79. The SMILES string of the molecule is ON1CCC=C2SCCC21. The third-order valence-electron chi connectivity index (χ3n) is 2.05. The third kappa shape index (κ3) is 0.983. The van der Waals surface area contributed by atoms with Gasteiger partial charge in [0.15, 0.2) is 0 Å². The van der Waals surface area contributed by atoms with Gasteiger partial charge in [-0.3, -0.25) is 0 Å². The minimum atomic E-state index is 0.346. The lowest BCUT2D eigenvalue weighted by Gasteiger charge is -2.25. The van der Waals surface area contributed by atoms with E-state index in [2.05, 4.69) is 6.08 Å². The van der Waals surface area contributed by atoms with E-state index in [1.54, 1.807) is 0 Å². The number of hydroxylamine groups is 2. The van der Waals surface area contributed by atoms with Crippen molar-refractivity contribution in [2.45, 2.75) is 18.9 Å². The van der Waals surface area contributed by atoms with Crippen LogP contribution in [0.25, 0.3) is 0 Å². The van der Waals surface area contributed by atoms with Crippen molar-refractivity contribution < 1.29 is 5.21 Å². The molecule has 3 heteroatoms. The lowest BCUT2D eigenvalue weighted by Crippen LogP contribution is -2.34. The molecule has 0 spiro atoms. The molecule has 1 unspecified atom stereocenters. The van der Waals surface area contributed by atoms with Crippen molar-refractivity contribution in [1.29, 1.82) is 0 Å². The van der Waals surface area contributed by atoms with Gasteiger partial charge in [0.05, 0.1) is 6.04 Å². The van der Waals surface area contributed by atoms with Gasteiger partial charge in [-0.15, -0.1) is 11.8 Å². The molecular weight excluding hydrogens is 146 g/mol. The molecule has 0 aromatic heterocycles. The topological polar surface area (TPSA) is 23.5 Å². The van der Waals surface area contributed by atoms with Crippen molar-refractivity contribution in [1.82, 2.24) is 5.06 Å². The Balaban J connectivity index is 2.18. The van der Waals surface area contributed by atoms with Gasteiger partial charge in [-0.1, -0.05) is 6.08 Å². The number of thioether (sulfide) groups is 1. The van der Waals surface area contributed by atoms with Crippen LogP contribution in [0.3, 0.4) is 0 Å². The largest absolute Gasteiger partial charge is 0.313 e. The Morgan fingerprint density at radius 1 is 1.70 bits per heavy atom. The number of fused-ring (bicyclic) bond motifs is 1. The molecule has 2 rings (SSSR count). The Morgan fingerprint density at radius 2 is 2.60 bits per heavy atom. The van der Waals surface area contributed by atoms with E-state index in [0.29, 0.717) is 6.04 Å². The van der Waals surface area contributed by atoms with Crippen LogP contribution in [-0.4, -0.2) is 28.6 Å². The molecule has 0 aliphatic carbocycles. The van der Waals surface area contributed by atoms with Crippen molar-refractivity contribution in [3.8, 4) is 0 Å². The lowest BCUT2D eigenvalue weighted by atomic mass is 10.1. The van der Waals surface area contributed by atoms with E-state index in [1.807, 2.05) is 11.8 Å². The van der Waals surface area contributed by atoms with Crippen LogP contribution in [0.2, 0.25) is 0 Å². The van der Waals surface area contributed by atoms with Crippen LogP contribution in [0.4, 0.5) is 0 Å². The van der Waals surface area contributed by atoms with E-state index in [0.717, 1.165) is 19.4 Å². The fourth-order valence-corrected chi connectivity index (χ4v) is 2.76. The fraction of sp³-hybridized carbons (Fsp3) is 0.714. The van der Waals surface area contributed by atoms with Gasteiger partial charge >= 0.3 is 0 Å².